The third-order valence-corrected chi connectivity index (χ3v) is 3.08. The third-order valence-electron chi connectivity index (χ3n) is 3.08. The highest BCUT2D eigenvalue weighted by Gasteiger charge is 2.13. The van der Waals surface area contributed by atoms with Crippen LogP contribution in [0.25, 0.3) is 0 Å². The summed E-state index contributed by atoms with van der Waals surface area (Å²) in [5, 5.41) is 8.39. The molecule has 0 fully saturated rings. The molecule has 1 aromatic heterocycles. The SMILES string of the molecule is CCCCN(c1ccc(CN)nn1)C(C)CC. The molecule has 17 heavy (non-hydrogen) atoms. The highest BCUT2D eigenvalue weighted by atomic mass is 15.3. The Labute approximate surface area is 104 Å². The van der Waals surface area contributed by atoms with Gasteiger partial charge in [0.1, 0.15) is 0 Å². The van der Waals surface area contributed by atoms with E-state index in [4.69, 9.17) is 5.73 Å². The molecule has 2 N–H and O–H groups in total. The van der Waals surface area contributed by atoms with Crippen LogP contribution in [0.2, 0.25) is 0 Å². The summed E-state index contributed by atoms with van der Waals surface area (Å²) in [4.78, 5) is 2.33. The standard InChI is InChI=1S/C13H24N4/c1-4-6-9-17(11(3)5-2)13-8-7-12(10-14)15-16-13/h7-8,11H,4-6,9-10,14H2,1-3H3. The van der Waals surface area contributed by atoms with Crippen molar-refractivity contribution in [3.05, 3.63) is 17.8 Å². The van der Waals surface area contributed by atoms with Crippen molar-refractivity contribution in [1.82, 2.24) is 10.2 Å². The number of nitrogens with zero attached hydrogens (tertiary/aromatic N) is 3. The number of aromatic nitrogens is 2. The van der Waals surface area contributed by atoms with Crippen LogP contribution < -0.4 is 10.6 Å². The molecule has 0 aromatic carbocycles. The number of nitrogens with two attached hydrogens (primary N) is 1. The van der Waals surface area contributed by atoms with Crippen LogP contribution in [0.3, 0.4) is 0 Å². The van der Waals surface area contributed by atoms with Gasteiger partial charge in [0.15, 0.2) is 5.82 Å². The van der Waals surface area contributed by atoms with E-state index >= 15 is 0 Å². The maximum Gasteiger partial charge on any atom is 0.151 e. The lowest BCUT2D eigenvalue weighted by molar-refractivity contribution is 0.585. The van der Waals surface area contributed by atoms with Gasteiger partial charge in [-0.25, -0.2) is 0 Å². The zero-order chi connectivity index (χ0) is 12.7. The van der Waals surface area contributed by atoms with E-state index in [2.05, 4.69) is 35.9 Å². The summed E-state index contributed by atoms with van der Waals surface area (Å²) in [6.07, 6.45) is 3.50. The first-order chi connectivity index (χ1) is 8.22. The van der Waals surface area contributed by atoms with Crippen molar-refractivity contribution in [2.45, 2.75) is 52.6 Å². The predicted molar refractivity (Wildman–Crippen MR) is 71.9 cm³/mol. The summed E-state index contributed by atoms with van der Waals surface area (Å²) in [6, 6.07) is 4.49. The number of hydrogen-bond donors (Lipinski definition) is 1. The van der Waals surface area contributed by atoms with Crippen molar-refractivity contribution in [3.63, 3.8) is 0 Å². The molecule has 0 spiro atoms. The average Bonchev–Trinajstić information content (AvgIpc) is 2.39. The summed E-state index contributed by atoms with van der Waals surface area (Å²) in [7, 11) is 0. The van der Waals surface area contributed by atoms with Gasteiger partial charge in [-0.15, -0.1) is 5.10 Å². The normalized spacial score (nSPS) is 12.5. The lowest BCUT2D eigenvalue weighted by Gasteiger charge is -2.29. The van der Waals surface area contributed by atoms with E-state index in [-0.39, 0.29) is 0 Å². The lowest BCUT2D eigenvalue weighted by Crippen LogP contribution is -2.34. The van der Waals surface area contributed by atoms with Crippen LogP contribution >= 0.6 is 0 Å². The van der Waals surface area contributed by atoms with E-state index < -0.39 is 0 Å². The number of rotatable bonds is 7. The van der Waals surface area contributed by atoms with Crippen LogP contribution in [0, 0.1) is 0 Å². The van der Waals surface area contributed by atoms with Gasteiger partial charge in [-0.2, -0.15) is 5.10 Å². The number of anilines is 1. The van der Waals surface area contributed by atoms with E-state index in [9.17, 15) is 0 Å². The Morgan fingerprint density at radius 1 is 1.29 bits per heavy atom. The molecular weight excluding hydrogens is 212 g/mol. The maximum atomic E-state index is 5.53. The highest BCUT2D eigenvalue weighted by molar-refractivity contribution is 5.38. The van der Waals surface area contributed by atoms with Crippen LogP contribution in [0.1, 0.15) is 45.7 Å². The summed E-state index contributed by atoms with van der Waals surface area (Å²) >= 11 is 0. The quantitative estimate of drug-likeness (QED) is 0.789. The zero-order valence-electron chi connectivity index (χ0n) is 11.2. The topological polar surface area (TPSA) is 55.0 Å². The van der Waals surface area contributed by atoms with Gasteiger partial charge >= 0.3 is 0 Å². The van der Waals surface area contributed by atoms with E-state index in [0.29, 0.717) is 12.6 Å². The highest BCUT2D eigenvalue weighted by Crippen LogP contribution is 2.16. The molecule has 0 saturated heterocycles. The Bertz CT molecular complexity index is 310. The first kappa shape index (κ1) is 13.9. The molecule has 1 unspecified atom stereocenters. The number of hydrogen-bond acceptors (Lipinski definition) is 4. The fourth-order valence-electron chi connectivity index (χ4n) is 1.72. The minimum absolute atomic E-state index is 0.450. The van der Waals surface area contributed by atoms with E-state index in [1.165, 1.54) is 12.8 Å². The van der Waals surface area contributed by atoms with Gasteiger partial charge in [0, 0.05) is 19.1 Å². The molecule has 0 aliphatic heterocycles. The molecule has 0 amide bonds. The average molecular weight is 236 g/mol. The first-order valence-electron chi connectivity index (χ1n) is 6.52. The minimum Gasteiger partial charge on any atom is -0.352 e. The van der Waals surface area contributed by atoms with E-state index in [0.717, 1.165) is 24.5 Å². The van der Waals surface area contributed by atoms with Gasteiger partial charge in [-0.1, -0.05) is 20.3 Å². The zero-order valence-corrected chi connectivity index (χ0v) is 11.2. The summed E-state index contributed by atoms with van der Waals surface area (Å²) in [5.74, 6) is 0.963. The second kappa shape index (κ2) is 7.22. The molecular formula is C13H24N4. The molecule has 96 valence electrons. The molecule has 4 heteroatoms. The monoisotopic (exact) mass is 236 g/mol. The van der Waals surface area contributed by atoms with Crippen molar-refractivity contribution < 1.29 is 0 Å². The predicted octanol–water partition coefficient (Wildman–Crippen LogP) is 2.34. The van der Waals surface area contributed by atoms with Crippen molar-refractivity contribution in [1.29, 1.82) is 0 Å². The Kier molecular flexibility index (Phi) is 5.91. The van der Waals surface area contributed by atoms with E-state index in [1.807, 2.05) is 12.1 Å². The van der Waals surface area contributed by atoms with Crippen LogP contribution in [0.15, 0.2) is 12.1 Å². The second-order valence-electron chi connectivity index (χ2n) is 4.39. The van der Waals surface area contributed by atoms with Gasteiger partial charge < -0.3 is 10.6 Å². The minimum atomic E-state index is 0.450. The van der Waals surface area contributed by atoms with Gasteiger partial charge in [-0.05, 0) is 31.9 Å². The Balaban J connectivity index is 2.79. The maximum absolute atomic E-state index is 5.53. The Hall–Kier alpha value is -1.16. The smallest absolute Gasteiger partial charge is 0.151 e. The van der Waals surface area contributed by atoms with Gasteiger partial charge in [0.05, 0.1) is 5.69 Å². The fourth-order valence-corrected chi connectivity index (χ4v) is 1.72. The van der Waals surface area contributed by atoms with Gasteiger partial charge in [0.25, 0.3) is 0 Å². The third kappa shape index (κ3) is 3.97. The van der Waals surface area contributed by atoms with Crippen LogP contribution in [-0.2, 0) is 6.54 Å². The molecule has 0 saturated carbocycles. The molecule has 0 aliphatic rings. The molecule has 4 nitrogen and oxygen atoms in total. The first-order valence-corrected chi connectivity index (χ1v) is 6.52. The second-order valence-corrected chi connectivity index (χ2v) is 4.39. The number of unbranched alkanes of at least 4 members (excludes halogenated alkanes) is 1. The fraction of sp³-hybridized carbons (Fsp3) is 0.692. The molecule has 0 radical (unpaired) electrons. The van der Waals surface area contributed by atoms with Crippen molar-refractivity contribution >= 4 is 5.82 Å². The molecule has 1 rings (SSSR count). The molecule has 0 bridgehead atoms. The Morgan fingerprint density at radius 3 is 2.53 bits per heavy atom. The van der Waals surface area contributed by atoms with Crippen molar-refractivity contribution in [2.75, 3.05) is 11.4 Å². The van der Waals surface area contributed by atoms with Crippen LogP contribution in [0.4, 0.5) is 5.82 Å². The van der Waals surface area contributed by atoms with E-state index in [1.54, 1.807) is 0 Å². The molecule has 1 aromatic rings. The van der Waals surface area contributed by atoms with Crippen LogP contribution in [0.5, 0.6) is 0 Å². The molecule has 0 aliphatic carbocycles. The Morgan fingerprint density at radius 2 is 2.06 bits per heavy atom. The molecule has 1 heterocycles. The summed E-state index contributed by atoms with van der Waals surface area (Å²) < 4.78 is 0. The molecule has 1 atom stereocenters. The summed E-state index contributed by atoms with van der Waals surface area (Å²) in [6.45, 7) is 8.13. The summed E-state index contributed by atoms with van der Waals surface area (Å²) in [5.41, 5.74) is 6.37. The van der Waals surface area contributed by atoms with Gasteiger partial charge in [0.2, 0.25) is 0 Å². The van der Waals surface area contributed by atoms with Crippen molar-refractivity contribution in [2.24, 2.45) is 5.73 Å². The lowest BCUT2D eigenvalue weighted by atomic mass is 10.2. The largest absolute Gasteiger partial charge is 0.352 e. The van der Waals surface area contributed by atoms with Crippen LogP contribution in [-0.4, -0.2) is 22.8 Å². The van der Waals surface area contributed by atoms with Gasteiger partial charge in [-0.3, -0.25) is 0 Å². The van der Waals surface area contributed by atoms with Crippen molar-refractivity contribution in [3.8, 4) is 0 Å².